The topological polar surface area (TPSA) is 22.4 Å². The van der Waals surface area contributed by atoms with Crippen molar-refractivity contribution in [3.05, 3.63) is 78.5 Å². The molecule has 0 radical (unpaired) electrons. The van der Waals surface area contributed by atoms with Gasteiger partial charge in [-0.15, -0.1) is 0 Å². The molecule has 0 unspecified atom stereocenters. The fourth-order valence-electron chi connectivity index (χ4n) is 3.11. The molecule has 0 saturated heterocycles. The highest BCUT2D eigenvalue weighted by Gasteiger charge is 2.27. The van der Waals surface area contributed by atoms with E-state index in [2.05, 4.69) is 36.9 Å². The normalized spacial score (nSPS) is 21.8. The lowest BCUT2D eigenvalue weighted by atomic mass is 9.81. The Balaban J connectivity index is 1.65. The first kappa shape index (κ1) is 14.7. The van der Waals surface area contributed by atoms with E-state index in [1.165, 1.54) is 24.8 Å². The van der Waals surface area contributed by atoms with E-state index >= 15 is 0 Å². The van der Waals surface area contributed by atoms with Crippen LogP contribution in [-0.2, 0) is 4.74 Å². The fraction of sp³-hybridized carbons (Fsp3) is 0.300. The van der Waals surface area contributed by atoms with Crippen molar-refractivity contribution in [3.8, 4) is 0 Å². The zero-order valence-corrected chi connectivity index (χ0v) is 12.8. The third-order valence-corrected chi connectivity index (χ3v) is 4.21. The number of hydrogen-bond acceptors (Lipinski definition) is 2. The summed E-state index contributed by atoms with van der Waals surface area (Å²) in [5, 5.41) is 0. The van der Waals surface area contributed by atoms with Gasteiger partial charge in [-0.1, -0.05) is 43.3 Å². The Morgan fingerprint density at radius 3 is 2.68 bits per heavy atom. The van der Waals surface area contributed by atoms with Gasteiger partial charge in [-0.05, 0) is 49.1 Å². The summed E-state index contributed by atoms with van der Waals surface area (Å²) in [5.74, 6) is 1.97. The highest BCUT2D eigenvalue weighted by molar-refractivity contribution is 5.45. The standard InChI is InChI=1S/C20H22O2/c1-16(13-14-18-10-7-15-21-18)22-20-12-6-5-11-19(20)17-8-3-2-4-9-17/h2-4,7-10,13-15,19-20H,1,5-6,11-12H2/b14-13+/t19-,20+/m1/s1. The largest absolute Gasteiger partial charge is 0.490 e. The minimum absolute atomic E-state index is 0.213. The summed E-state index contributed by atoms with van der Waals surface area (Å²) in [7, 11) is 0. The lowest BCUT2D eigenvalue weighted by Crippen LogP contribution is -2.25. The van der Waals surface area contributed by atoms with E-state index in [1.807, 2.05) is 24.3 Å². The molecule has 0 amide bonds. The summed E-state index contributed by atoms with van der Waals surface area (Å²) in [6, 6.07) is 14.5. The van der Waals surface area contributed by atoms with E-state index in [-0.39, 0.29) is 6.10 Å². The first-order chi connectivity index (χ1) is 10.8. The number of ether oxygens (including phenoxy) is 1. The molecule has 1 aliphatic carbocycles. The molecule has 2 nitrogen and oxygen atoms in total. The Bertz CT molecular complexity index is 610. The van der Waals surface area contributed by atoms with Gasteiger partial charge in [-0.3, -0.25) is 0 Å². The van der Waals surface area contributed by atoms with E-state index in [0.717, 1.165) is 12.2 Å². The molecule has 2 aromatic rings. The number of rotatable bonds is 5. The van der Waals surface area contributed by atoms with Gasteiger partial charge in [0.2, 0.25) is 0 Å². The van der Waals surface area contributed by atoms with Crippen LogP contribution in [-0.4, -0.2) is 6.10 Å². The number of hydrogen-bond donors (Lipinski definition) is 0. The van der Waals surface area contributed by atoms with Gasteiger partial charge in [0.1, 0.15) is 17.6 Å². The van der Waals surface area contributed by atoms with Gasteiger partial charge in [-0.25, -0.2) is 0 Å². The van der Waals surface area contributed by atoms with Crippen molar-refractivity contribution in [1.82, 2.24) is 0 Å². The number of allylic oxidation sites excluding steroid dienone is 1. The molecule has 1 fully saturated rings. The van der Waals surface area contributed by atoms with Crippen LogP contribution in [0.15, 0.2) is 71.6 Å². The summed E-state index contributed by atoms with van der Waals surface area (Å²) in [6.45, 7) is 4.03. The third kappa shape index (κ3) is 3.70. The molecule has 2 heteroatoms. The number of furan rings is 1. The second-order valence-electron chi connectivity index (χ2n) is 5.77. The molecule has 1 aromatic carbocycles. The van der Waals surface area contributed by atoms with Gasteiger partial charge in [-0.2, -0.15) is 0 Å². The molecule has 114 valence electrons. The molecular formula is C20H22O2. The first-order valence-corrected chi connectivity index (χ1v) is 7.95. The summed E-state index contributed by atoms with van der Waals surface area (Å²) >= 11 is 0. The van der Waals surface area contributed by atoms with Crippen LogP contribution in [0.25, 0.3) is 6.08 Å². The van der Waals surface area contributed by atoms with E-state index < -0.39 is 0 Å². The quantitative estimate of drug-likeness (QED) is 0.533. The monoisotopic (exact) mass is 294 g/mol. The highest BCUT2D eigenvalue weighted by atomic mass is 16.5. The molecule has 1 heterocycles. The lowest BCUT2D eigenvalue weighted by molar-refractivity contribution is 0.0711. The summed E-state index contributed by atoms with van der Waals surface area (Å²) in [4.78, 5) is 0. The van der Waals surface area contributed by atoms with E-state index in [1.54, 1.807) is 6.26 Å². The molecule has 3 rings (SSSR count). The molecule has 0 spiro atoms. The Morgan fingerprint density at radius 2 is 1.91 bits per heavy atom. The van der Waals surface area contributed by atoms with E-state index in [4.69, 9.17) is 9.15 Å². The molecule has 1 aliphatic rings. The molecule has 22 heavy (non-hydrogen) atoms. The zero-order valence-electron chi connectivity index (χ0n) is 12.8. The smallest absolute Gasteiger partial charge is 0.126 e. The third-order valence-electron chi connectivity index (χ3n) is 4.21. The molecule has 2 atom stereocenters. The van der Waals surface area contributed by atoms with Gasteiger partial charge in [0.25, 0.3) is 0 Å². The van der Waals surface area contributed by atoms with Crippen LogP contribution < -0.4 is 0 Å². The Morgan fingerprint density at radius 1 is 1.09 bits per heavy atom. The summed E-state index contributed by atoms with van der Waals surface area (Å²) < 4.78 is 11.4. The molecule has 0 N–H and O–H groups in total. The highest BCUT2D eigenvalue weighted by Crippen LogP contribution is 2.35. The second kappa shape index (κ2) is 7.17. The summed E-state index contributed by atoms with van der Waals surface area (Å²) in [6.07, 6.45) is 10.4. The predicted molar refractivity (Wildman–Crippen MR) is 89.4 cm³/mol. The van der Waals surface area contributed by atoms with Crippen LogP contribution in [0.4, 0.5) is 0 Å². The van der Waals surface area contributed by atoms with Crippen LogP contribution in [0.1, 0.15) is 42.9 Å². The first-order valence-electron chi connectivity index (χ1n) is 7.95. The Hall–Kier alpha value is -2.22. The fourth-order valence-corrected chi connectivity index (χ4v) is 3.11. The van der Waals surface area contributed by atoms with Gasteiger partial charge in [0.15, 0.2) is 0 Å². The maximum absolute atomic E-state index is 6.13. The van der Waals surface area contributed by atoms with E-state index in [0.29, 0.717) is 11.7 Å². The number of benzene rings is 1. The van der Waals surface area contributed by atoms with Crippen LogP contribution in [0.2, 0.25) is 0 Å². The van der Waals surface area contributed by atoms with Crippen LogP contribution in [0.5, 0.6) is 0 Å². The molecular weight excluding hydrogens is 272 g/mol. The average molecular weight is 294 g/mol. The maximum Gasteiger partial charge on any atom is 0.126 e. The Kier molecular flexibility index (Phi) is 4.79. The predicted octanol–water partition coefficient (Wildman–Crippen LogP) is 5.55. The SMILES string of the molecule is C=C(/C=C/c1ccco1)O[C@H]1CCCC[C@@H]1c1ccccc1. The van der Waals surface area contributed by atoms with Crippen LogP contribution >= 0.6 is 0 Å². The summed E-state index contributed by atoms with van der Waals surface area (Å²) in [5.41, 5.74) is 1.37. The Labute approximate surface area is 132 Å². The van der Waals surface area contributed by atoms with Gasteiger partial charge in [0, 0.05) is 5.92 Å². The maximum atomic E-state index is 6.13. The van der Waals surface area contributed by atoms with Crippen molar-refractivity contribution in [1.29, 1.82) is 0 Å². The van der Waals surface area contributed by atoms with Gasteiger partial charge < -0.3 is 9.15 Å². The van der Waals surface area contributed by atoms with Crippen molar-refractivity contribution in [3.63, 3.8) is 0 Å². The van der Waals surface area contributed by atoms with Crippen molar-refractivity contribution < 1.29 is 9.15 Å². The van der Waals surface area contributed by atoms with Crippen LogP contribution in [0, 0.1) is 0 Å². The van der Waals surface area contributed by atoms with Gasteiger partial charge in [0.05, 0.1) is 6.26 Å². The molecule has 0 bridgehead atoms. The molecule has 1 aromatic heterocycles. The minimum Gasteiger partial charge on any atom is -0.490 e. The minimum atomic E-state index is 0.213. The van der Waals surface area contributed by atoms with Crippen molar-refractivity contribution in [2.75, 3.05) is 0 Å². The van der Waals surface area contributed by atoms with Gasteiger partial charge >= 0.3 is 0 Å². The lowest BCUT2D eigenvalue weighted by Gasteiger charge is -2.32. The second-order valence-corrected chi connectivity index (χ2v) is 5.77. The van der Waals surface area contributed by atoms with Crippen LogP contribution in [0.3, 0.4) is 0 Å². The van der Waals surface area contributed by atoms with E-state index in [9.17, 15) is 0 Å². The van der Waals surface area contributed by atoms with Crippen molar-refractivity contribution in [2.24, 2.45) is 0 Å². The van der Waals surface area contributed by atoms with Crippen molar-refractivity contribution in [2.45, 2.75) is 37.7 Å². The zero-order chi connectivity index (χ0) is 15.2. The average Bonchev–Trinajstić information content (AvgIpc) is 3.08. The molecule has 1 saturated carbocycles. The molecule has 0 aliphatic heterocycles. The van der Waals surface area contributed by atoms with Crippen molar-refractivity contribution >= 4 is 6.08 Å².